The van der Waals surface area contributed by atoms with Crippen molar-refractivity contribution >= 4 is 55.0 Å². The van der Waals surface area contributed by atoms with Crippen LogP contribution in [0.2, 0.25) is 5.02 Å². The summed E-state index contributed by atoms with van der Waals surface area (Å²) < 4.78 is 25.1. The first-order valence-electron chi connectivity index (χ1n) is 11.0. The average Bonchev–Trinajstić information content (AvgIpc) is 3.25. The van der Waals surface area contributed by atoms with Gasteiger partial charge in [-0.3, -0.25) is 14.6 Å². The minimum absolute atomic E-state index is 0.0541. The van der Waals surface area contributed by atoms with Gasteiger partial charge in [0, 0.05) is 30.7 Å². The Hall–Kier alpha value is -1.85. The number of allylic oxidation sites excluding steroid dienone is 2. The van der Waals surface area contributed by atoms with E-state index in [9.17, 15) is 18.0 Å². The number of sulfone groups is 1. The summed E-state index contributed by atoms with van der Waals surface area (Å²) in [4.78, 5) is 33.5. The third kappa shape index (κ3) is 5.06. The van der Waals surface area contributed by atoms with E-state index in [0.717, 1.165) is 30.0 Å². The number of alkyl halides is 1. The number of nitrogens with one attached hydrogen (secondary N) is 1. The lowest BCUT2D eigenvalue weighted by Gasteiger charge is -2.29. The van der Waals surface area contributed by atoms with Crippen LogP contribution in [-0.4, -0.2) is 79.2 Å². The number of amides is 3. The summed E-state index contributed by atoms with van der Waals surface area (Å²) in [5.74, 6) is -0.618. The predicted molar refractivity (Wildman–Crippen MR) is 135 cm³/mol. The van der Waals surface area contributed by atoms with Crippen molar-refractivity contribution in [2.24, 2.45) is 4.99 Å². The van der Waals surface area contributed by atoms with E-state index >= 15 is 0 Å². The fourth-order valence-electron chi connectivity index (χ4n) is 4.38. The molecule has 34 heavy (non-hydrogen) atoms. The van der Waals surface area contributed by atoms with E-state index in [-0.39, 0.29) is 27.6 Å². The number of imide groups is 1. The summed E-state index contributed by atoms with van der Waals surface area (Å²) in [5.41, 5.74) is 1.97. The van der Waals surface area contributed by atoms with Crippen LogP contribution in [0, 0.1) is 0 Å². The fraction of sp³-hybridized carbons (Fsp3) is 0.435. The van der Waals surface area contributed by atoms with Crippen molar-refractivity contribution in [1.29, 1.82) is 0 Å². The number of fused-ring (bicyclic) bond motifs is 1. The van der Waals surface area contributed by atoms with E-state index in [0.29, 0.717) is 28.9 Å². The van der Waals surface area contributed by atoms with E-state index < -0.39 is 21.8 Å². The maximum Gasteiger partial charge on any atom is 0.351 e. The molecule has 182 valence electrons. The highest BCUT2D eigenvalue weighted by atomic mass is 79.9. The normalized spacial score (nSPS) is 23.5. The zero-order chi connectivity index (χ0) is 24.6. The van der Waals surface area contributed by atoms with Crippen LogP contribution >= 0.6 is 27.5 Å². The van der Waals surface area contributed by atoms with Crippen molar-refractivity contribution in [3.8, 4) is 0 Å². The first-order valence-corrected chi connectivity index (χ1v) is 14.0. The zero-order valence-electron chi connectivity index (χ0n) is 18.9. The van der Waals surface area contributed by atoms with Crippen molar-refractivity contribution in [3.63, 3.8) is 0 Å². The molecule has 1 aliphatic carbocycles. The van der Waals surface area contributed by atoms with Crippen LogP contribution in [0.15, 0.2) is 51.4 Å². The van der Waals surface area contributed by atoms with Crippen LogP contribution in [0.25, 0.3) is 0 Å². The number of aliphatic imine (C=N–C) groups is 1. The van der Waals surface area contributed by atoms with Crippen molar-refractivity contribution in [2.75, 3.05) is 32.4 Å². The number of benzene rings is 1. The molecule has 1 aromatic rings. The summed E-state index contributed by atoms with van der Waals surface area (Å²) in [7, 11) is -1.61. The first-order chi connectivity index (χ1) is 16.1. The molecule has 0 bridgehead atoms. The van der Waals surface area contributed by atoms with Crippen LogP contribution in [0.3, 0.4) is 0 Å². The third-order valence-corrected chi connectivity index (χ3v) is 9.26. The van der Waals surface area contributed by atoms with Gasteiger partial charge in [-0.2, -0.15) is 4.99 Å². The maximum absolute atomic E-state index is 13.3. The summed E-state index contributed by atoms with van der Waals surface area (Å²) in [6.45, 7) is 3.92. The molecule has 1 fully saturated rings. The zero-order valence-corrected chi connectivity index (χ0v) is 22.1. The van der Waals surface area contributed by atoms with E-state index in [1.54, 1.807) is 12.2 Å². The molecule has 2 atom stereocenters. The standard InChI is InChI=1S/C23H26BrClN4O4S/c1-3-34(32,33)21-5-4-16(25)8-15(21)12-29-22(30)18-10-19(24)14(9-20(18)27-23(29)31)11-28-7-6-17(13-28)26-2/h4-5,8-10,17,19,26H,3,6-7,11-13H2,1-2H3/t17-,19?/m1/s1. The Labute approximate surface area is 212 Å². The number of rotatable bonds is 7. The quantitative estimate of drug-likeness (QED) is 0.507. The van der Waals surface area contributed by atoms with Gasteiger partial charge >= 0.3 is 6.03 Å². The molecule has 11 heteroatoms. The van der Waals surface area contributed by atoms with Crippen molar-refractivity contribution < 1.29 is 18.0 Å². The first kappa shape index (κ1) is 25.2. The number of likely N-dealkylation sites (N-methyl/N-ethyl adjacent to an activating group) is 1. The Morgan fingerprint density at radius 3 is 2.71 bits per heavy atom. The minimum atomic E-state index is -3.57. The molecular weight excluding hydrogens is 544 g/mol. The molecule has 0 aromatic heterocycles. The Bertz CT molecular complexity index is 1230. The smallest absolute Gasteiger partial charge is 0.316 e. The molecule has 0 saturated carbocycles. The molecule has 1 aromatic carbocycles. The molecule has 2 heterocycles. The second kappa shape index (κ2) is 10.0. The van der Waals surface area contributed by atoms with Crippen LogP contribution in [0.4, 0.5) is 4.79 Å². The topological polar surface area (TPSA) is 99.2 Å². The maximum atomic E-state index is 13.3. The molecule has 2 aliphatic heterocycles. The molecule has 4 rings (SSSR count). The number of carbonyl (C=O) groups excluding carboxylic acids is 2. The Morgan fingerprint density at radius 2 is 2.03 bits per heavy atom. The number of nitrogens with zero attached hydrogens (tertiary/aromatic N) is 3. The lowest BCUT2D eigenvalue weighted by Crippen LogP contribution is -2.43. The second-order valence-electron chi connectivity index (χ2n) is 8.54. The van der Waals surface area contributed by atoms with Crippen molar-refractivity contribution in [3.05, 3.63) is 52.1 Å². The molecule has 0 spiro atoms. The summed E-state index contributed by atoms with van der Waals surface area (Å²) >= 11 is 9.74. The van der Waals surface area contributed by atoms with E-state index in [1.807, 2.05) is 7.05 Å². The van der Waals surface area contributed by atoms with Gasteiger partial charge in [-0.15, -0.1) is 0 Å². The Morgan fingerprint density at radius 1 is 1.26 bits per heavy atom. The molecule has 1 N–H and O–H groups in total. The van der Waals surface area contributed by atoms with E-state index in [1.165, 1.54) is 25.1 Å². The van der Waals surface area contributed by atoms with Gasteiger partial charge in [-0.05, 0) is 48.9 Å². The van der Waals surface area contributed by atoms with Crippen LogP contribution in [0.1, 0.15) is 18.9 Å². The molecule has 0 radical (unpaired) electrons. The van der Waals surface area contributed by atoms with Crippen molar-refractivity contribution in [1.82, 2.24) is 15.1 Å². The number of hydrogen-bond acceptors (Lipinski definition) is 6. The molecule has 8 nitrogen and oxygen atoms in total. The van der Waals surface area contributed by atoms with Crippen LogP contribution in [-0.2, 0) is 21.2 Å². The lowest BCUT2D eigenvalue weighted by atomic mass is 9.94. The highest BCUT2D eigenvalue weighted by molar-refractivity contribution is 9.09. The number of halogens is 2. The largest absolute Gasteiger partial charge is 0.351 e. The van der Waals surface area contributed by atoms with E-state index in [2.05, 4.69) is 31.1 Å². The van der Waals surface area contributed by atoms with Gasteiger partial charge in [0.1, 0.15) is 0 Å². The van der Waals surface area contributed by atoms with Gasteiger partial charge in [-0.25, -0.2) is 13.2 Å². The Balaban J connectivity index is 1.59. The number of urea groups is 1. The average molecular weight is 570 g/mol. The van der Waals surface area contributed by atoms with Crippen molar-refractivity contribution in [2.45, 2.75) is 35.7 Å². The summed E-state index contributed by atoms with van der Waals surface area (Å²) in [6, 6.07) is 4.09. The van der Waals surface area contributed by atoms with Gasteiger partial charge in [-0.1, -0.05) is 40.5 Å². The van der Waals surface area contributed by atoms with Gasteiger partial charge in [0.05, 0.1) is 33.3 Å². The summed E-state index contributed by atoms with van der Waals surface area (Å²) in [6.07, 6.45) is 4.65. The van der Waals surface area contributed by atoms with Gasteiger partial charge < -0.3 is 5.32 Å². The molecular formula is C23H26BrClN4O4S. The predicted octanol–water partition coefficient (Wildman–Crippen LogP) is 2.96. The lowest BCUT2D eigenvalue weighted by molar-refractivity contribution is -0.124. The highest BCUT2D eigenvalue weighted by Gasteiger charge is 2.36. The SMILES string of the molecule is CCS(=O)(=O)c1ccc(Cl)cc1CN1C(=O)N=C2C=C(CN3CC[C@@H](NC)C3)C(Br)C=C2C1=O. The van der Waals surface area contributed by atoms with Gasteiger partial charge in [0.25, 0.3) is 5.91 Å². The molecule has 3 amide bonds. The molecule has 1 saturated heterocycles. The monoisotopic (exact) mass is 568 g/mol. The number of carbonyl (C=O) groups is 2. The molecule has 1 unspecified atom stereocenters. The van der Waals surface area contributed by atoms with Crippen LogP contribution in [0.5, 0.6) is 0 Å². The second-order valence-corrected chi connectivity index (χ2v) is 12.2. The third-order valence-electron chi connectivity index (χ3n) is 6.34. The van der Waals surface area contributed by atoms with Gasteiger partial charge in [0.15, 0.2) is 9.84 Å². The van der Waals surface area contributed by atoms with E-state index in [4.69, 9.17) is 11.6 Å². The number of hydrogen-bond donors (Lipinski definition) is 1. The number of likely N-dealkylation sites (tertiary alicyclic amines) is 1. The molecule has 3 aliphatic rings. The summed E-state index contributed by atoms with van der Waals surface area (Å²) in [5, 5.41) is 3.61. The van der Waals surface area contributed by atoms with Gasteiger partial charge in [0.2, 0.25) is 0 Å². The fourth-order valence-corrected chi connectivity index (χ4v) is 6.23. The highest BCUT2D eigenvalue weighted by Crippen LogP contribution is 2.30. The minimum Gasteiger partial charge on any atom is -0.316 e. The van der Waals surface area contributed by atoms with Crippen LogP contribution < -0.4 is 5.32 Å². The Kier molecular flexibility index (Phi) is 7.44.